The van der Waals surface area contributed by atoms with Gasteiger partial charge in [0, 0.05) is 5.56 Å². The fourth-order valence-electron chi connectivity index (χ4n) is 5.17. The van der Waals surface area contributed by atoms with Crippen molar-refractivity contribution in [3.8, 4) is 11.4 Å². The number of aromatic amines is 1. The van der Waals surface area contributed by atoms with Gasteiger partial charge in [0.05, 0.1) is 0 Å². The SMILES string of the molecule is Cc1cc2c(cc1/C=C1/CCc3cc(-c4nn[nH]n4)ccc31)C(C)(C)CCC2(C)C. The molecule has 1 aromatic heterocycles. The molecule has 0 fully saturated rings. The molecule has 1 heterocycles. The van der Waals surface area contributed by atoms with Gasteiger partial charge in [-0.2, -0.15) is 5.21 Å². The highest BCUT2D eigenvalue weighted by atomic mass is 15.5. The molecule has 5 rings (SSSR count). The molecule has 2 aliphatic rings. The standard InChI is InChI=1S/C26H30N4/c1-16-12-22-23(26(4,5)11-10-25(22,2)3)15-20(16)14-18-7-6-17-13-19(8-9-21(17)18)24-27-29-30-28-24/h8-9,12-15H,6-7,10-11H2,1-5H3,(H,27,28,29,30)/b18-14-. The first-order chi connectivity index (χ1) is 14.2. The lowest BCUT2D eigenvalue weighted by Gasteiger charge is -2.42. The summed E-state index contributed by atoms with van der Waals surface area (Å²) in [6.45, 7) is 11.9. The minimum absolute atomic E-state index is 0.235. The molecule has 1 N–H and O–H groups in total. The van der Waals surface area contributed by atoms with E-state index in [1.807, 2.05) is 0 Å². The van der Waals surface area contributed by atoms with Crippen molar-refractivity contribution in [3.63, 3.8) is 0 Å². The van der Waals surface area contributed by atoms with E-state index in [4.69, 9.17) is 0 Å². The average molecular weight is 399 g/mol. The molecule has 0 bridgehead atoms. The molecule has 4 nitrogen and oxygen atoms in total. The Labute approximate surface area is 178 Å². The number of allylic oxidation sites excluding steroid dienone is 1. The molecule has 0 aliphatic heterocycles. The van der Waals surface area contributed by atoms with Gasteiger partial charge in [0.2, 0.25) is 5.82 Å². The third-order valence-electron chi connectivity index (χ3n) is 7.29. The van der Waals surface area contributed by atoms with Gasteiger partial charge in [0.1, 0.15) is 0 Å². The van der Waals surface area contributed by atoms with E-state index >= 15 is 0 Å². The van der Waals surface area contributed by atoms with E-state index in [-0.39, 0.29) is 10.8 Å². The second-order valence-electron chi connectivity index (χ2n) is 10.3. The monoisotopic (exact) mass is 398 g/mol. The van der Waals surface area contributed by atoms with Crippen LogP contribution in [-0.4, -0.2) is 20.6 Å². The van der Waals surface area contributed by atoms with E-state index in [2.05, 4.69) is 91.7 Å². The van der Waals surface area contributed by atoms with Crippen LogP contribution in [0.2, 0.25) is 0 Å². The van der Waals surface area contributed by atoms with Crippen molar-refractivity contribution in [2.24, 2.45) is 0 Å². The van der Waals surface area contributed by atoms with E-state index in [0.717, 1.165) is 18.4 Å². The third kappa shape index (κ3) is 3.10. The quantitative estimate of drug-likeness (QED) is 0.575. The molecule has 0 unspecified atom stereocenters. The van der Waals surface area contributed by atoms with Crippen LogP contribution in [0.25, 0.3) is 23.0 Å². The fraction of sp³-hybridized carbons (Fsp3) is 0.423. The van der Waals surface area contributed by atoms with Gasteiger partial charge in [-0.05, 0) is 93.7 Å². The van der Waals surface area contributed by atoms with Gasteiger partial charge < -0.3 is 0 Å². The van der Waals surface area contributed by atoms with Crippen molar-refractivity contribution >= 4 is 11.6 Å². The molecule has 2 aromatic carbocycles. The molecule has 0 saturated carbocycles. The summed E-state index contributed by atoms with van der Waals surface area (Å²) in [5.41, 5.74) is 11.5. The second-order valence-corrected chi connectivity index (χ2v) is 10.3. The van der Waals surface area contributed by atoms with Crippen LogP contribution < -0.4 is 0 Å². The van der Waals surface area contributed by atoms with Crippen LogP contribution in [0.15, 0.2) is 30.3 Å². The molecule has 2 aliphatic carbocycles. The summed E-state index contributed by atoms with van der Waals surface area (Å²) in [5.74, 6) is 0.658. The van der Waals surface area contributed by atoms with E-state index in [1.54, 1.807) is 0 Å². The third-order valence-corrected chi connectivity index (χ3v) is 7.29. The van der Waals surface area contributed by atoms with Crippen LogP contribution in [0.1, 0.15) is 80.3 Å². The van der Waals surface area contributed by atoms with Crippen molar-refractivity contribution in [1.82, 2.24) is 20.6 Å². The summed E-state index contributed by atoms with van der Waals surface area (Å²) in [6, 6.07) is 11.5. The van der Waals surface area contributed by atoms with Crippen molar-refractivity contribution in [1.29, 1.82) is 0 Å². The normalized spacial score (nSPS) is 20.2. The van der Waals surface area contributed by atoms with Gasteiger partial charge in [-0.3, -0.25) is 0 Å². The van der Waals surface area contributed by atoms with Gasteiger partial charge in [-0.1, -0.05) is 58.0 Å². The molecule has 4 heteroatoms. The minimum atomic E-state index is 0.235. The lowest BCUT2D eigenvalue weighted by Crippen LogP contribution is -2.34. The van der Waals surface area contributed by atoms with Crippen LogP contribution in [0.3, 0.4) is 0 Å². The number of rotatable bonds is 2. The predicted molar refractivity (Wildman–Crippen MR) is 122 cm³/mol. The van der Waals surface area contributed by atoms with Gasteiger partial charge in [-0.15, -0.1) is 10.2 Å². The topological polar surface area (TPSA) is 54.5 Å². The van der Waals surface area contributed by atoms with E-state index < -0.39 is 0 Å². The maximum Gasteiger partial charge on any atom is 0.204 e. The zero-order chi connectivity index (χ0) is 21.1. The Morgan fingerprint density at radius 3 is 2.37 bits per heavy atom. The largest absolute Gasteiger partial charge is 0.204 e. The Bertz CT molecular complexity index is 1150. The number of benzene rings is 2. The van der Waals surface area contributed by atoms with E-state index in [9.17, 15) is 0 Å². The van der Waals surface area contributed by atoms with Crippen LogP contribution >= 0.6 is 0 Å². The van der Waals surface area contributed by atoms with Gasteiger partial charge in [0.25, 0.3) is 0 Å². The Balaban J connectivity index is 1.56. The second kappa shape index (κ2) is 6.63. The summed E-state index contributed by atoms with van der Waals surface area (Å²) in [4.78, 5) is 0. The molecule has 0 radical (unpaired) electrons. The molecule has 154 valence electrons. The number of nitrogens with zero attached hydrogens (tertiary/aromatic N) is 3. The molecule has 0 spiro atoms. The number of tetrazole rings is 1. The van der Waals surface area contributed by atoms with Crippen LogP contribution in [0.4, 0.5) is 0 Å². The fourth-order valence-corrected chi connectivity index (χ4v) is 5.17. The van der Waals surface area contributed by atoms with Crippen molar-refractivity contribution in [3.05, 3.63) is 63.7 Å². The lowest BCUT2D eigenvalue weighted by atomic mass is 9.62. The Hall–Kier alpha value is -2.75. The summed E-state index contributed by atoms with van der Waals surface area (Å²) >= 11 is 0. The maximum atomic E-state index is 4.11. The first-order valence-corrected chi connectivity index (χ1v) is 11.0. The Morgan fingerprint density at radius 1 is 0.933 bits per heavy atom. The van der Waals surface area contributed by atoms with Crippen LogP contribution in [0.5, 0.6) is 0 Å². The number of hydrogen-bond acceptors (Lipinski definition) is 3. The van der Waals surface area contributed by atoms with Crippen molar-refractivity contribution in [2.45, 2.75) is 71.1 Å². The Kier molecular flexibility index (Phi) is 4.25. The zero-order valence-corrected chi connectivity index (χ0v) is 18.6. The molecule has 0 atom stereocenters. The predicted octanol–water partition coefficient (Wildman–Crippen LogP) is 6.01. The summed E-state index contributed by atoms with van der Waals surface area (Å²) < 4.78 is 0. The summed E-state index contributed by atoms with van der Waals surface area (Å²) in [7, 11) is 0. The molecule has 3 aromatic rings. The molecular formula is C26H30N4. The smallest absolute Gasteiger partial charge is 0.177 e. The first kappa shape index (κ1) is 19.2. The van der Waals surface area contributed by atoms with E-state index in [0.29, 0.717) is 5.82 Å². The van der Waals surface area contributed by atoms with Gasteiger partial charge in [0.15, 0.2) is 0 Å². The van der Waals surface area contributed by atoms with Crippen molar-refractivity contribution in [2.75, 3.05) is 0 Å². The highest BCUT2D eigenvalue weighted by molar-refractivity contribution is 5.87. The molecule has 0 amide bonds. The van der Waals surface area contributed by atoms with Crippen LogP contribution in [0, 0.1) is 6.92 Å². The molecule has 30 heavy (non-hydrogen) atoms. The lowest BCUT2D eigenvalue weighted by molar-refractivity contribution is 0.331. The highest BCUT2D eigenvalue weighted by Gasteiger charge is 2.37. The zero-order valence-electron chi connectivity index (χ0n) is 18.6. The number of hydrogen-bond donors (Lipinski definition) is 1. The summed E-state index contributed by atoms with van der Waals surface area (Å²) in [6.07, 6.45) is 7.07. The Morgan fingerprint density at radius 2 is 1.67 bits per heavy atom. The number of H-pyrrole nitrogens is 1. The number of aryl methyl sites for hydroxylation is 2. The van der Waals surface area contributed by atoms with Gasteiger partial charge >= 0.3 is 0 Å². The minimum Gasteiger partial charge on any atom is -0.177 e. The number of nitrogens with one attached hydrogen (secondary N) is 1. The summed E-state index contributed by atoms with van der Waals surface area (Å²) in [5, 5.41) is 14.5. The maximum absolute atomic E-state index is 4.11. The van der Waals surface area contributed by atoms with Crippen molar-refractivity contribution < 1.29 is 0 Å². The van der Waals surface area contributed by atoms with Crippen LogP contribution in [-0.2, 0) is 17.3 Å². The number of aromatic nitrogens is 4. The average Bonchev–Trinajstić information content (AvgIpc) is 3.37. The molecule has 0 saturated heterocycles. The number of fused-ring (bicyclic) bond motifs is 2. The highest BCUT2D eigenvalue weighted by Crippen LogP contribution is 2.47. The first-order valence-electron chi connectivity index (χ1n) is 11.0. The molecular weight excluding hydrogens is 368 g/mol. The van der Waals surface area contributed by atoms with Gasteiger partial charge in [-0.25, -0.2) is 0 Å². The van der Waals surface area contributed by atoms with E-state index in [1.165, 1.54) is 51.8 Å².